The number of nitrogens with zero attached hydrogens (tertiary/aromatic N) is 1. The van der Waals surface area contributed by atoms with Crippen molar-refractivity contribution in [1.29, 1.82) is 0 Å². The van der Waals surface area contributed by atoms with E-state index in [4.69, 9.17) is 18.3 Å². The molecule has 3 amide bonds. The predicted octanol–water partition coefficient (Wildman–Crippen LogP) is 3.16. The Kier molecular flexibility index (Phi) is 6.42. The van der Waals surface area contributed by atoms with Crippen LogP contribution in [0.5, 0.6) is 11.5 Å². The van der Waals surface area contributed by atoms with Gasteiger partial charge in [-0.1, -0.05) is 12.8 Å². The molecule has 1 aromatic carbocycles. The average Bonchev–Trinajstić information content (AvgIpc) is 3.68. The van der Waals surface area contributed by atoms with Crippen LogP contribution in [0.25, 0.3) is 0 Å². The summed E-state index contributed by atoms with van der Waals surface area (Å²) in [5.41, 5.74) is 0.398. The highest BCUT2D eigenvalue weighted by Gasteiger charge is 2.37. The number of hydrogen-bond acceptors (Lipinski definition) is 7. The molecule has 2 aliphatic rings. The molecule has 3 aromatic rings. The van der Waals surface area contributed by atoms with Gasteiger partial charge in [0.05, 0.1) is 19.1 Å². The van der Waals surface area contributed by atoms with Crippen molar-refractivity contribution in [2.75, 3.05) is 18.2 Å². The van der Waals surface area contributed by atoms with Crippen molar-refractivity contribution in [3.8, 4) is 11.5 Å². The summed E-state index contributed by atoms with van der Waals surface area (Å²) in [6, 6.07) is 10.3. The Balaban J connectivity index is 1.46. The van der Waals surface area contributed by atoms with Crippen LogP contribution in [0.3, 0.4) is 0 Å². The zero-order valence-electron chi connectivity index (χ0n) is 18.9. The maximum Gasteiger partial charge on any atom is 0.287 e. The minimum absolute atomic E-state index is 0.0346. The van der Waals surface area contributed by atoms with E-state index in [1.165, 1.54) is 23.5 Å². The minimum Gasteiger partial charge on any atom is -0.467 e. The van der Waals surface area contributed by atoms with E-state index in [2.05, 4.69) is 10.6 Å². The number of nitrogens with one attached hydrogen (secondary N) is 2. The van der Waals surface area contributed by atoms with E-state index in [-0.39, 0.29) is 31.0 Å². The predicted molar refractivity (Wildman–Crippen MR) is 123 cm³/mol. The lowest BCUT2D eigenvalue weighted by atomic mass is 10.1. The molecule has 0 spiro atoms. The van der Waals surface area contributed by atoms with Crippen LogP contribution in [0.15, 0.2) is 63.8 Å². The molecule has 0 bridgehead atoms. The largest absolute Gasteiger partial charge is 0.467 e. The first-order chi connectivity index (χ1) is 17.1. The molecule has 0 unspecified atom stereocenters. The molecule has 35 heavy (non-hydrogen) atoms. The number of benzene rings is 1. The van der Waals surface area contributed by atoms with Gasteiger partial charge in [-0.15, -0.1) is 0 Å². The van der Waals surface area contributed by atoms with E-state index >= 15 is 0 Å². The van der Waals surface area contributed by atoms with Gasteiger partial charge in [0.1, 0.15) is 5.76 Å². The molecule has 2 N–H and O–H groups in total. The lowest BCUT2D eigenvalue weighted by Crippen LogP contribution is -2.49. The van der Waals surface area contributed by atoms with Gasteiger partial charge in [-0.25, -0.2) is 0 Å². The van der Waals surface area contributed by atoms with Crippen LogP contribution < -0.4 is 25.0 Å². The lowest BCUT2D eigenvalue weighted by molar-refractivity contribution is -0.127. The quantitative estimate of drug-likeness (QED) is 0.509. The minimum atomic E-state index is -1.10. The molecular weight excluding hydrogens is 454 g/mol. The van der Waals surface area contributed by atoms with Gasteiger partial charge in [0.2, 0.25) is 12.7 Å². The smallest absolute Gasteiger partial charge is 0.287 e. The van der Waals surface area contributed by atoms with Crippen molar-refractivity contribution in [3.05, 3.63) is 66.5 Å². The summed E-state index contributed by atoms with van der Waals surface area (Å²) < 4.78 is 21.6. The van der Waals surface area contributed by atoms with Gasteiger partial charge < -0.3 is 28.9 Å². The van der Waals surface area contributed by atoms with Gasteiger partial charge in [0, 0.05) is 17.8 Å². The van der Waals surface area contributed by atoms with Crippen molar-refractivity contribution in [3.63, 3.8) is 0 Å². The fraction of sp³-hybridized carbons (Fsp3) is 0.320. The van der Waals surface area contributed by atoms with Crippen LogP contribution in [0.1, 0.15) is 48.0 Å². The second-order valence-electron chi connectivity index (χ2n) is 8.37. The van der Waals surface area contributed by atoms with Crippen LogP contribution in [-0.2, 0) is 9.59 Å². The monoisotopic (exact) mass is 479 g/mol. The van der Waals surface area contributed by atoms with E-state index in [0.717, 1.165) is 25.7 Å². The lowest BCUT2D eigenvalue weighted by Gasteiger charge is -2.31. The third-order valence-electron chi connectivity index (χ3n) is 6.07. The second-order valence-corrected chi connectivity index (χ2v) is 8.37. The van der Waals surface area contributed by atoms with Gasteiger partial charge in [0.15, 0.2) is 23.3 Å². The fourth-order valence-electron chi connectivity index (χ4n) is 4.38. The number of anilines is 1. The zero-order chi connectivity index (χ0) is 24.2. The van der Waals surface area contributed by atoms with Gasteiger partial charge in [-0.3, -0.25) is 19.3 Å². The SMILES string of the molecule is O=C(NCC(=O)N(c1ccc2c(c1)OCO2)[C@H](C(=O)NC1CCCC1)c1ccco1)c1ccco1. The Labute approximate surface area is 201 Å². The summed E-state index contributed by atoms with van der Waals surface area (Å²) in [6.45, 7) is -0.308. The molecule has 10 nitrogen and oxygen atoms in total. The van der Waals surface area contributed by atoms with E-state index < -0.39 is 17.9 Å². The fourth-order valence-corrected chi connectivity index (χ4v) is 4.38. The molecule has 1 fully saturated rings. The van der Waals surface area contributed by atoms with Crippen molar-refractivity contribution in [2.24, 2.45) is 0 Å². The van der Waals surface area contributed by atoms with E-state index in [1.54, 1.807) is 36.4 Å². The third-order valence-corrected chi connectivity index (χ3v) is 6.07. The Bertz CT molecular complexity index is 1180. The Morgan fingerprint density at radius 2 is 1.74 bits per heavy atom. The normalized spacial score (nSPS) is 15.5. The maximum absolute atomic E-state index is 13.6. The highest BCUT2D eigenvalue weighted by atomic mass is 16.7. The number of carbonyl (C=O) groups excluding carboxylic acids is 3. The first-order valence-electron chi connectivity index (χ1n) is 11.5. The summed E-state index contributed by atoms with van der Waals surface area (Å²) >= 11 is 0. The van der Waals surface area contributed by atoms with E-state index in [1.807, 2.05) is 0 Å². The molecule has 182 valence electrons. The van der Waals surface area contributed by atoms with Crippen molar-refractivity contribution in [2.45, 2.75) is 37.8 Å². The van der Waals surface area contributed by atoms with Crippen LogP contribution in [-0.4, -0.2) is 37.1 Å². The standard InChI is InChI=1S/C25H25N3O7/c29-22(14-26-24(30)20-8-4-12-33-20)28(17-9-10-18-21(13-17)35-15-34-18)23(19-7-3-11-32-19)25(31)27-16-5-1-2-6-16/h3-4,7-13,16,23H,1-2,5-6,14-15H2,(H,26,30)(H,27,31)/t23-/m0/s1. The average molecular weight is 479 g/mol. The second kappa shape index (κ2) is 9.96. The summed E-state index contributed by atoms with van der Waals surface area (Å²) in [6.07, 6.45) is 6.67. The van der Waals surface area contributed by atoms with Gasteiger partial charge in [-0.05, 0) is 49.2 Å². The third kappa shape index (κ3) is 4.86. The highest BCUT2D eigenvalue weighted by Crippen LogP contribution is 2.38. The van der Waals surface area contributed by atoms with Crippen LogP contribution in [0.4, 0.5) is 5.69 Å². The molecule has 0 saturated heterocycles. The van der Waals surface area contributed by atoms with Crippen molar-refractivity contribution in [1.82, 2.24) is 10.6 Å². The first-order valence-corrected chi connectivity index (χ1v) is 11.5. The highest BCUT2D eigenvalue weighted by molar-refractivity contribution is 6.04. The molecule has 1 aliphatic heterocycles. The number of rotatable bonds is 8. The summed E-state index contributed by atoms with van der Waals surface area (Å²) in [5, 5.41) is 5.62. The molecule has 1 atom stereocenters. The van der Waals surface area contributed by atoms with Crippen LogP contribution in [0.2, 0.25) is 0 Å². The van der Waals surface area contributed by atoms with E-state index in [9.17, 15) is 14.4 Å². The number of hydrogen-bond donors (Lipinski definition) is 2. The molecule has 5 rings (SSSR count). The summed E-state index contributed by atoms with van der Waals surface area (Å²) in [5.74, 6) is -0.0645. The van der Waals surface area contributed by atoms with Crippen molar-refractivity contribution < 1.29 is 32.7 Å². The molecule has 1 aliphatic carbocycles. The van der Waals surface area contributed by atoms with Gasteiger partial charge in [-0.2, -0.15) is 0 Å². The number of amides is 3. The Hall–Kier alpha value is -4.21. The van der Waals surface area contributed by atoms with Crippen LogP contribution in [0, 0.1) is 0 Å². The Morgan fingerprint density at radius 3 is 2.49 bits per heavy atom. The maximum atomic E-state index is 13.6. The number of ether oxygens (including phenoxy) is 2. The number of furan rings is 2. The van der Waals surface area contributed by atoms with Crippen molar-refractivity contribution >= 4 is 23.4 Å². The van der Waals surface area contributed by atoms with E-state index in [0.29, 0.717) is 22.9 Å². The molecule has 1 saturated carbocycles. The van der Waals surface area contributed by atoms with Crippen LogP contribution >= 0.6 is 0 Å². The summed E-state index contributed by atoms with van der Waals surface area (Å²) in [7, 11) is 0. The van der Waals surface area contributed by atoms with Gasteiger partial charge >= 0.3 is 0 Å². The zero-order valence-corrected chi connectivity index (χ0v) is 18.9. The molecule has 3 heterocycles. The number of carbonyl (C=O) groups is 3. The number of fused-ring (bicyclic) bond motifs is 1. The first kappa shape index (κ1) is 22.6. The topological polar surface area (TPSA) is 123 Å². The van der Waals surface area contributed by atoms with Gasteiger partial charge in [0.25, 0.3) is 11.8 Å². The molecule has 2 aromatic heterocycles. The molecule has 0 radical (unpaired) electrons. The molecule has 10 heteroatoms. The summed E-state index contributed by atoms with van der Waals surface area (Å²) in [4.78, 5) is 40.8. The Morgan fingerprint density at radius 1 is 0.971 bits per heavy atom. The molecular formula is C25H25N3O7.